The monoisotopic (exact) mass is 229 g/mol. The quantitative estimate of drug-likeness (QED) is 0.406. The normalized spacial score (nSPS) is 12.2. The van der Waals surface area contributed by atoms with Crippen molar-refractivity contribution in [3.8, 4) is 0 Å². The second-order valence-corrected chi connectivity index (χ2v) is 3.07. The van der Waals surface area contributed by atoms with Crippen molar-refractivity contribution in [3.05, 3.63) is 36.5 Å². The van der Waals surface area contributed by atoms with E-state index in [4.69, 9.17) is 0 Å². The maximum atomic E-state index is 11.7. The average Bonchev–Trinajstić information content (AvgIpc) is 2.25. The number of carbonyl (C=O) groups excluding carboxylic acids is 1. The van der Waals surface area contributed by atoms with Crippen molar-refractivity contribution in [1.29, 1.82) is 0 Å². The molecule has 0 rings (SSSR count). The molecule has 0 aliphatic carbocycles. The lowest BCUT2D eigenvalue weighted by Crippen LogP contribution is -2.26. The summed E-state index contributed by atoms with van der Waals surface area (Å²) in [5.41, 5.74) is 0. The number of alkyl halides is 2. The first kappa shape index (κ1) is 14.6. The van der Waals surface area contributed by atoms with E-state index in [9.17, 15) is 13.6 Å². The van der Waals surface area contributed by atoms with Gasteiger partial charge in [0.1, 0.15) is 0 Å². The molecule has 0 saturated heterocycles. The van der Waals surface area contributed by atoms with Crippen LogP contribution in [0.15, 0.2) is 36.5 Å². The summed E-state index contributed by atoms with van der Waals surface area (Å²) in [5, 5.41) is 2.09. The van der Waals surface area contributed by atoms with Gasteiger partial charge < -0.3 is 5.32 Å². The fourth-order valence-electron chi connectivity index (χ4n) is 0.905. The van der Waals surface area contributed by atoms with E-state index >= 15 is 0 Å². The summed E-state index contributed by atoms with van der Waals surface area (Å²) >= 11 is 0. The van der Waals surface area contributed by atoms with Crippen LogP contribution in [-0.2, 0) is 4.79 Å². The van der Waals surface area contributed by atoms with Crippen molar-refractivity contribution in [2.75, 3.05) is 6.54 Å². The van der Waals surface area contributed by atoms with Crippen molar-refractivity contribution < 1.29 is 13.6 Å². The lowest BCUT2D eigenvalue weighted by molar-refractivity contribution is -0.117. The minimum Gasteiger partial charge on any atom is -0.347 e. The van der Waals surface area contributed by atoms with E-state index in [0.717, 1.165) is 12.8 Å². The molecule has 4 heteroatoms. The van der Waals surface area contributed by atoms with Crippen LogP contribution in [0.5, 0.6) is 0 Å². The maximum Gasteiger partial charge on any atom is 0.255 e. The van der Waals surface area contributed by atoms with Crippen LogP contribution < -0.4 is 5.32 Å². The zero-order chi connectivity index (χ0) is 12.2. The van der Waals surface area contributed by atoms with Crippen LogP contribution in [-0.4, -0.2) is 18.9 Å². The van der Waals surface area contributed by atoms with Crippen LogP contribution in [0.3, 0.4) is 0 Å². The third kappa shape index (κ3) is 10.6. The Morgan fingerprint density at radius 3 is 2.56 bits per heavy atom. The molecule has 0 bridgehead atoms. The molecule has 1 N–H and O–H groups in total. The predicted octanol–water partition coefficient (Wildman–Crippen LogP) is 2.84. The van der Waals surface area contributed by atoms with Gasteiger partial charge in [-0.05, 0) is 25.8 Å². The van der Waals surface area contributed by atoms with Crippen molar-refractivity contribution in [1.82, 2.24) is 5.32 Å². The number of rotatable bonds is 7. The summed E-state index contributed by atoms with van der Waals surface area (Å²) in [6.45, 7) is 1.34. The molecule has 2 nitrogen and oxygen atoms in total. The lowest BCUT2D eigenvalue weighted by Gasteiger charge is -1.98. The lowest BCUT2D eigenvalue weighted by atomic mass is 10.2. The molecule has 0 aromatic carbocycles. The molecule has 0 saturated carbocycles. The molecule has 0 aromatic rings. The Morgan fingerprint density at radius 2 is 1.94 bits per heavy atom. The molecule has 0 spiro atoms. The average molecular weight is 229 g/mol. The first-order valence-electron chi connectivity index (χ1n) is 5.17. The second-order valence-electron chi connectivity index (χ2n) is 3.07. The fourth-order valence-corrected chi connectivity index (χ4v) is 0.905. The number of nitrogens with one attached hydrogen (secondary N) is 1. The summed E-state index contributed by atoms with van der Waals surface area (Å²) in [5.74, 6) is -0.474. The van der Waals surface area contributed by atoms with E-state index in [2.05, 4.69) is 5.32 Å². The molecule has 1 amide bonds. The molecule has 0 heterocycles. The maximum absolute atomic E-state index is 11.7. The Bertz CT molecular complexity index is 270. The van der Waals surface area contributed by atoms with Crippen molar-refractivity contribution in [3.63, 3.8) is 0 Å². The first-order chi connectivity index (χ1) is 7.66. The molecule has 0 atom stereocenters. The minimum atomic E-state index is -2.50. The minimum absolute atomic E-state index is 0.474. The van der Waals surface area contributed by atoms with Crippen LogP contribution >= 0.6 is 0 Å². The summed E-state index contributed by atoms with van der Waals surface area (Å²) in [6.07, 6.45) is 9.72. The second kappa shape index (κ2) is 10.1. The SMILES string of the molecule is C/C=C/C=C\CC/C=C/C(=O)NCC(F)F. The van der Waals surface area contributed by atoms with Crippen LogP contribution in [0.1, 0.15) is 19.8 Å². The number of carbonyl (C=O) groups is 1. The molecule has 16 heavy (non-hydrogen) atoms. The smallest absolute Gasteiger partial charge is 0.255 e. The topological polar surface area (TPSA) is 29.1 Å². The van der Waals surface area contributed by atoms with E-state index < -0.39 is 18.9 Å². The highest BCUT2D eigenvalue weighted by Gasteiger charge is 2.02. The fraction of sp³-hybridized carbons (Fsp3) is 0.417. The summed E-state index contributed by atoms with van der Waals surface area (Å²) < 4.78 is 23.4. The molecular weight excluding hydrogens is 212 g/mol. The van der Waals surface area contributed by atoms with Gasteiger partial charge in [0, 0.05) is 0 Å². The largest absolute Gasteiger partial charge is 0.347 e. The van der Waals surface area contributed by atoms with Gasteiger partial charge in [-0.1, -0.05) is 30.4 Å². The molecule has 0 fully saturated rings. The van der Waals surface area contributed by atoms with Gasteiger partial charge >= 0.3 is 0 Å². The number of halogens is 2. The van der Waals surface area contributed by atoms with Crippen LogP contribution in [0.4, 0.5) is 8.78 Å². The summed E-state index contributed by atoms with van der Waals surface area (Å²) in [4.78, 5) is 10.9. The molecular formula is C12H17F2NO. The van der Waals surface area contributed by atoms with Crippen molar-refractivity contribution in [2.24, 2.45) is 0 Å². The molecule has 0 radical (unpaired) electrons. The van der Waals surface area contributed by atoms with Crippen LogP contribution in [0.25, 0.3) is 0 Å². The third-order valence-electron chi connectivity index (χ3n) is 1.64. The zero-order valence-electron chi connectivity index (χ0n) is 9.33. The number of amides is 1. The zero-order valence-corrected chi connectivity index (χ0v) is 9.33. The highest BCUT2D eigenvalue weighted by Crippen LogP contribution is 1.94. The van der Waals surface area contributed by atoms with Gasteiger partial charge in [0.25, 0.3) is 6.43 Å². The number of allylic oxidation sites excluding steroid dienone is 5. The van der Waals surface area contributed by atoms with Crippen molar-refractivity contribution in [2.45, 2.75) is 26.2 Å². The van der Waals surface area contributed by atoms with E-state index in [1.807, 2.05) is 31.2 Å². The van der Waals surface area contributed by atoms with Gasteiger partial charge in [-0.15, -0.1) is 0 Å². The Morgan fingerprint density at radius 1 is 1.25 bits per heavy atom. The molecule has 0 aliphatic rings. The Kier molecular flexibility index (Phi) is 9.17. The van der Waals surface area contributed by atoms with Gasteiger partial charge in [0.05, 0.1) is 6.54 Å². The summed E-state index contributed by atoms with van der Waals surface area (Å²) in [7, 11) is 0. The third-order valence-corrected chi connectivity index (χ3v) is 1.64. The number of unbranched alkanes of at least 4 members (excludes halogenated alkanes) is 1. The molecule has 0 unspecified atom stereocenters. The predicted molar refractivity (Wildman–Crippen MR) is 61.3 cm³/mol. The molecule has 0 aliphatic heterocycles. The Labute approximate surface area is 94.7 Å². The van der Waals surface area contributed by atoms with Crippen LogP contribution in [0.2, 0.25) is 0 Å². The summed E-state index contributed by atoms with van der Waals surface area (Å²) in [6, 6.07) is 0. The van der Waals surface area contributed by atoms with E-state index in [-0.39, 0.29) is 0 Å². The highest BCUT2D eigenvalue weighted by atomic mass is 19.3. The molecule has 0 aromatic heterocycles. The van der Waals surface area contributed by atoms with E-state index in [0.29, 0.717) is 0 Å². The van der Waals surface area contributed by atoms with Gasteiger partial charge in [0.15, 0.2) is 0 Å². The Hall–Kier alpha value is -1.45. The Balaban J connectivity index is 3.56. The van der Waals surface area contributed by atoms with E-state index in [1.165, 1.54) is 6.08 Å². The number of hydrogen-bond donors (Lipinski definition) is 1. The van der Waals surface area contributed by atoms with Crippen LogP contribution in [0, 0.1) is 0 Å². The molecule has 90 valence electrons. The van der Waals surface area contributed by atoms with Crippen molar-refractivity contribution >= 4 is 5.91 Å². The van der Waals surface area contributed by atoms with Gasteiger partial charge in [-0.25, -0.2) is 8.78 Å². The number of hydrogen-bond acceptors (Lipinski definition) is 1. The van der Waals surface area contributed by atoms with Gasteiger partial charge in [-0.3, -0.25) is 4.79 Å². The van der Waals surface area contributed by atoms with Gasteiger partial charge in [0.2, 0.25) is 5.91 Å². The standard InChI is InChI=1S/C12H17F2NO/c1-2-3-4-5-6-7-8-9-12(16)15-10-11(13)14/h2-5,8-9,11H,6-7,10H2,1H3,(H,15,16)/b3-2+,5-4-,9-8+. The van der Waals surface area contributed by atoms with Gasteiger partial charge in [-0.2, -0.15) is 0 Å². The van der Waals surface area contributed by atoms with E-state index in [1.54, 1.807) is 6.08 Å². The highest BCUT2D eigenvalue weighted by molar-refractivity contribution is 5.87. The first-order valence-corrected chi connectivity index (χ1v) is 5.17.